The maximum atomic E-state index is 8.13. The number of H-pyrrole nitrogens is 1. The first-order valence-corrected chi connectivity index (χ1v) is 19.6. The van der Waals surface area contributed by atoms with Gasteiger partial charge in [-0.05, 0) is 84.2 Å². The van der Waals surface area contributed by atoms with Gasteiger partial charge in [0.2, 0.25) is 0 Å². The molecule has 0 aliphatic rings. The lowest BCUT2D eigenvalue weighted by molar-refractivity contribution is 0.394. The van der Waals surface area contributed by atoms with E-state index in [9.17, 15) is 0 Å². The number of hydrogen-bond donors (Lipinski definition) is 3. The minimum atomic E-state index is 0.158. The maximum Gasteiger partial charge on any atom is 0.175 e. The molecule has 8 rings (SSSR count). The molecule has 0 atom stereocenters. The molecule has 0 bridgehead atoms. The lowest BCUT2D eigenvalue weighted by Crippen LogP contribution is -2.13. The molecule has 0 spiro atoms. The number of benzene rings is 2. The van der Waals surface area contributed by atoms with Crippen molar-refractivity contribution in [3.63, 3.8) is 0 Å². The third kappa shape index (κ3) is 9.14. The van der Waals surface area contributed by atoms with Crippen molar-refractivity contribution in [1.82, 2.24) is 49.0 Å². The van der Waals surface area contributed by atoms with Crippen LogP contribution in [0, 0.1) is 5.41 Å². The molecule has 296 valence electrons. The molecule has 0 aliphatic heterocycles. The lowest BCUT2D eigenvalue weighted by atomic mass is 10.3. The molecule has 4 N–H and O–H groups in total. The Morgan fingerprint density at radius 1 is 0.690 bits per heavy atom. The van der Waals surface area contributed by atoms with Crippen LogP contribution in [0.1, 0.15) is 11.4 Å². The van der Waals surface area contributed by atoms with Crippen LogP contribution in [0.15, 0.2) is 118 Å². The zero-order valence-corrected chi connectivity index (χ0v) is 33.8. The second-order valence-corrected chi connectivity index (χ2v) is 14.4. The van der Waals surface area contributed by atoms with E-state index < -0.39 is 0 Å². The normalized spacial score (nSPS) is 11.0. The predicted octanol–water partition coefficient (Wildman–Crippen LogP) is 6.26. The van der Waals surface area contributed by atoms with Crippen molar-refractivity contribution in [3.05, 3.63) is 115 Å². The number of fused-ring (bicyclic) bond motifs is 2. The van der Waals surface area contributed by atoms with Gasteiger partial charge in [-0.25, -0.2) is 24.9 Å². The van der Waals surface area contributed by atoms with Crippen LogP contribution in [0.5, 0.6) is 23.0 Å². The average Bonchev–Trinajstić information content (AvgIpc) is 3.86. The smallest absolute Gasteiger partial charge is 0.175 e. The minimum Gasteiger partial charge on any atom is -0.497 e. The van der Waals surface area contributed by atoms with Gasteiger partial charge < -0.3 is 38.8 Å². The van der Waals surface area contributed by atoms with Gasteiger partial charge in [0.15, 0.2) is 38.4 Å². The first kappa shape index (κ1) is 39.6. The summed E-state index contributed by atoms with van der Waals surface area (Å²) < 4.78 is 25.6. The Labute approximate surface area is 341 Å². The number of rotatable bonds is 14. The summed E-state index contributed by atoms with van der Waals surface area (Å²) in [6.07, 6.45) is 8.16. The van der Waals surface area contributed by atoms with E-state index in [-0.39, 0.29) is 5.49 Å². The third-order valence-electron chi connectivity index (χ3n) is 8.83. The van der Waals surface area contributed by atoms with Gasteiger partial charge >= 0.3 is 0 Å². The highest BCUT2D eigenvalue weighted by molar-refractivity contribution is 7.99. The first-order valence-electron chi connectivity index (χ1n) is 17.9. The number of methoxy groups -OCH3 is 4. The summed E-state index contributed by atoms with van der Waals surface area (Å²) in [7, 11) is 6.52. The van der Waals surface area contributed by atoms with Crippen LogP contribution >= 0.6 is 23.5 Å². The van der Waals surface area contributed by atoms with E-state index in [0.717, 1.165) is 62.2 Å². The van der Waals surface area contributed by atoms with Gasteiger partial charge in [0.25, 0.3) is 0 Å². The monoisotopic (exact) mass is 816 g/mol. The minimum absolute atomic E-state index is 0.158. The van der Waals surface area contributed by atoms with Crippen molar-refractivity contribution in [2.45, 2.75) is 46.0 Å². The van der Waals surface area contributed by atoms with Crippen molar-refractivity contribution >= 4 is 51.7 Å². The average molecular weight is 817 g/mol. The van der Waals surface area contributed by atoms with E-state index in [2.05, 4.69) is 29.9 Å². The van der Waals surface area contributed by atoms with Gasteiger partial charge in [-0.3, -0.25) is 15.4 Å². The Morgan fingerprint density at radius 2 is 1.33 bits per heavy atom. The molecular formula is C40H40N12O4S2. The number of anilines is 1. The molecule has 0 fully saturated rings. The van der Waals surface area contributed by atoms with E-state index in [1.807, 2.05) is 81.9 Å². The molecule has 6 heterocycles. The summed E-state index contributed by atoms with van der Waals surface area (Å²) in [5.41, 5.74) is 10.7. The Balaban J connectivity index is 0.000000177. The van der Waals surface area contributed by atoms with Crippen LogP contribution < -0.4 is 30.2 Å². The van der Waals surface area contributed by atoms with Crippen molar-refractivity contribution in [2.24, 2.45) is 0 Å². The van der Waals surface area contributed by atoms with Crippen molar-refractivity contribution < 1.29 is 18.9 Å². The molecule has 58 heavy (non-hydrogen) atoms. The van der Waals surface area contributed by atoms with Gasteiger partial charge in [-0.1, -0.05) is 12.1 Å². The fourth-order valence-corrected chi connectivity index (χ4v) is 7.84. The Kier molecular flexibility index (Phi) is 12.6. The number of aryl methyl sites for hydroxylation is 4. The van der Waals surface area contributed by atoms with Crippen LogP contribution in [0.4, 0.5) is 5.82 Å². The van der Waals surface area contributed by atoms with E-state index in [0.29, 0.717) is 46.4 Å². The summed E-state index contributed by atoms with van der Waals surface area (Å²) in [4.78, 5) is 35.8. The van der Waals surface area contributed by atoms with Gasteiger partial charge in [-0.2, -0.15) is 0 Å². The van der Waals surface area contributed by atoms with E-state index in [1.54, 1.807) is 47.2 Å². The summed E-state index contributed by atoms with van der Waals surface area (Å²) in [5.74, 6) is 3.29. The Morgan fingerprint density at radius 3 is 1.93 bits per heavy atom. The quantitative estimate of drug-likeness (QED) is 0.111. The molecule has 0 aliphatic carbocycles. The molecule has 2 aromatic carbocycles. The van der Waals surface area contributed by atoms with Crippen LogP contribution in [-0.2, 0) is 25.9 Å². The highest BCUT2D eigenvalue weighted by Gasteiger charge is 2.19. The largest absolute Gasteiger partial charge is 0.497 e. The van der Waals surface area contributed by atoms with Crippen molar-refractivity contribution in [2.75, 3.05) is 34.2 Å². The van der Waals surface area contributed by atoms with Crippen LogP contribution in [0.3, 0.4) is 0 Å². The van der Waals surface area contributed by atoms with E-state index in [4.69, 9.17) is 40.1 Å². The summed E-state index contributed by atoms with van der Waals surface area (Å²) in [6.45, 7) is 1.32. The van der Waals surface area contributed by atoms with Crippen LogP contribution in [-0.4, -0.2) is 77.4 Å². The summed E-state index contributed by atoms with van der Waals surface area (Å²) in [5, 5.41) is 9.53. The number of nitrogens with zero attached hydrogens (tertiary/aromatic N) is 9. The highest BCUT2D eigenvalue weighted by Crippen LogP contribution is 2.39. The zero-order chi connectivity index (χ0) is 40.4. The Bertz CT molecular complexity index is 2690. The highest BCUT2D eigenvalue weighted by atomic mass is 32.2. The summed E-state index contributed by atoms with van der Waals surface area (Å²) >= 11 is 2.89. The standard InChI is InChI=1S/2C20H20N6O2S/c1-27-14-6-7-15(28-2)16(11-14)29-20-24-17-18(21)23-12-26(19(17)25-20)10-8-13-5-3-4-9-22-13;1-27-14-6-7-15(28-2)16(11-14)29-20-25-17-18(21)23-12-24-19(17)26(20)10-8-13-5-3-4-9-22-13/h3-7,9,11-12,21H,8,10H2,1-2H3,(H,24,25);3-7,9,11-12H,8,10H2,1-2H3,(H2,21,23,24). The fourth-order valence-electron chi connectivity index (χ4n) is 5.87. The SMILES string of the molecule is COc1ccc(OC)c(Sc2nc3c(N)ncnc3n2CCc2ccccn2)c1.COc1ccc(OC)c(Sc2nc3c([nH]2)c(=N)ncn3CCc2ccccn2)c1. The number of pyridine rings is 2. The number of nitrogens with two attached hydrogens (primary N) is 1. The number of aromatic nitrogens is 10. The predicted molar refractivity (Wildman–Crippen MR) is 221 cm³/mol. The maximum absolute atomic E-state index is 8.13. The number of imidazole rings is 2. The molecule has 6 aromatic heterocycles. The third-order valence-corrected chi connectivity index (χ3v) is 10.8. The van der Waals surface area contributed by atoms with Gasteiger partial charge in [0.1, 0.15) is 34.8 Å². The molecule has 8 aromatic rings. The number of ether oxygens (including phenoxy) is 4. The number of hydrogen-bond acceptors (Lipinski definition) is 15. The summed E-state index contributed by atoms with van der Waals surface area (Å²) in [6, 6.07) is 23.0. The van der Waals surface area contributed by atoms with Crippen LogP contribution in [0.25, 0.3) is 22.3 Å². The van der Waals surface area contributed by atoms with E-state index in [1.165, 1.54) is 29.9 Å². The molecule has 0 amide bonds. The van der Waals surface area contributed by atoms with Crippen molar-refractivity contribution in [3.8, 4) is 23.0 Å². The van der Waals surface area contributed by atoms with E-state index >= 15 is 0 Å². The fraction of sp³-hybridized carbons (Fsp3) is 0.200. The number of aromatic amines is 1. The molecule has 16 nitrogen and oxygen atoms in total. The zero-order valence-electron chi connectivity index (χ0n) is 32.1. The molecular weight excluding hydrogens is 777 g/mol. The van der Waals surface area contributed by atoms with Gasteiger partial charge in [0, 0.05) is 49.7 Å². The molecule has 0 radical (unpaired) electrons. The number of nitrogens with one attached hydrogen (secondary N) is 2. The topological polar surface area (TPSA) is 203 Å². The number of nitrogen functional groups attached to an aromatic ring is 1. The Hall–Kier alpha value is -6.66. The molecule has 0 unspecified atom stereocenters. The van der Waals surface area contributed by atoms with Crippen LogP contribution in [0.2, 0.25) is 0 Å². The second-order valence-electron chi connectivity index (χ2n) is 12.4. The van der Waals surface area contributed by atoms with Gasteiger partial charge in [0.05, 0.1) is 44.6 Å². The van der Waals surface area contributed by atoms with Gasteiger partial charge in [-0.15, -0.1) is 0 Å². The van der Waals surface area contributed by atoms with Crippen molar-refractivity contribution in [1.29, 1.82) is 5.41 Å². The first-order chi connectivity index (χ1) is 28.4. The molecule has 0 saturated heterocycles. The lowest BCUT2D eigenvalue weighted by Gasteiger charge is -2.11. The molecule has 0 saturated carbocycles. The second kappa shape index (κ2) is 18.5. The molecule has 18 heteroatoms.